The Labute approximate surface area is 77.7 Å². The van der Waals surface area contributed by atoms with Crippen LogP contribution in [0.1, 0.15) is 0 Å². The average molecular weight is 255 g/mol. The van der Waals surface area contributed by atoms with Gasteiger partial charge in [0, 0.05) is 0 Å². The number of hydrogen-bond donors (Lipinski definition) is 0. The van der Waals surface area contributed by atoms with Gasteiger partial charge in [-0.15, -0.1) is 0 Å². The van der Waals surface area contributed by atoms with Gasteiger partial charge in [0.25, 0.3) is 0 Å². The average Bonchev–Trinajstić information content (AvgIpc) is 0.918. The minimum atomic E-state index is -1.42. The van der Waals surface area contributed by atoms with Crippen LogP contribution >= 0.6 is 0 Å². The molecule has 0 rings (SSSR count). The monoisotopic (exact) mass is 254 g/mol. The van der Waals surface area contributed by atoms with Gasteiger partial charge < -0.3 is 16.4 Å². The predicted molar refractivity (Wildman–Crippen MR) is 9.19 cm³/mol. The van der Waals surface area contributed by atoms with E-state index in [2.05, 4.69) is 0 Å². The molecule has 0 heterocycles. The number of rotatable bonds is 0. The van der Waals surface area contributed by atoms with Crippen LogP contribution < -0.4 is 0 Å². The normalized spacial score (nSPS) is 1.00. The second-order valence-electron chi connectivity index (χ2n) is 0.0833. The van der Waals surface area contributed by atoms with Crippen molar-refractivity contribution in [2.45, 2.75) is 0 Å². The molecule has 0 saturated carbocycles. The minimum Gasteiger partial charge on any atom is -2.00 e. The topological polar surface area (TPSA) is 120 Å². The summed E-state index contributed by atoms with van der Waals surface area (Å²) in [6.45, 7) is 0. The Morgan fingerprint density at radius 2 is 0.875 bits per heavy atom. The Bertz CT molecular complexity index is 33.4. The molecule has 0 N–H and O–H groups in total. The maximum Gasteiger partial charge on any atom is 4.00 e. The van der Waals surface area contributed by atoms with Gasteiger partial charge in [-0.2, -0.15) is 0 Å². The van der Waals surface area contributed by atoms with Gasteiger partial charge in [-0.25, -0.2) is 0 Å². The van der Waals surface area contributed by atoms with E-state index in [1.165, 1.54) is 0 Å². The van der Waals surface area contributed by atoms with E-state index in [0.717, 1.165) is 0 Å². The molecule has 0 saturated heterocycles. The third-order valence-corrected chi connectivity index (χ3v) is 0. The third kappa shape index (κ3) is 218. The smallest absolute Gasteiger partial charge is 2.00 e. The molecular weight excluding hydrogens is 255 g/mol. The molecule has 0 spiro atoms. The van der Waals surface area contributed by atoms with Crippen LogP contribution in [0.2, 0.25) is 0 Å². The van der Waals surface area contributed by atoms with Gasteiger partial charge in [0.05, 0.1) is 0 Å². The summed E-state index contributed by atoms with van der Waals surface area (Å²) in [5.41, 5.74) is 0. The largest absolute Gasteiger partial charge is 4.00 e. The van der Waals surface area contributed by atoms with Gasteiger partial charge in [0.2, 0.25) is 0 Å². The molecule has 0 aliphatic heterocycles. The second-order valence-corrected chi connectivity index (χ2v) is 0.250. The van der Waals surface area contributed by atoms with E-state index < -0.39 is 9.29 Å². The van der Waals surface area contributed by atoms with Crippen molar-refractivity contribution in [1.29, 1.82) is 0 Å². The van der Waals surface area contributed by atoms with Crippen LogP contribution in [0.15, 0.2) is 0 Å². The molecule has 8 heteroatoms. The molecule has 0 aromatic rings. The second kappa shape index (κ2) is 92.6. The summed E-state index contributed by atoms with van der Waals surface area (Å²) >= 11 is 0. The Kier molecular flexibility index (Phi) is 719. The van der Waals surface area contributed by atoms with Gasteiger partial charge in [-0.1, -0.05) is 0 Å². The van der Waals surface area contributed by atoms with E-state index in [1.54, 1.807) is 0 Å². The first-order chi connectivity index (χ1) is 1.41. The van der Waals surface area contributed by atoms with Crippen molar-refractivity contribution in [3.05, 3.63) is 0 Å². The summed E-state index contributed by atoms with van der Waals surface area (Å²) in [6.07, 6.45) is 0. The Balaban J connectivity index is -0.00000000200. The van der Waals surface area contributed by atoms with E-state index in [1.807, 2.05) is 0 Å². The van der Waals surface area contributed by atoms with Crippen LogP contribution in [-0.4, -0.2) is 9.29 Å². The van der Waals surface area contributed by atoms with Gasteiger partial charge in [0.1, 0.15) is 0 Å². The summed E-state index contributed by atoms with van der Waals surface area (Å²) in [7, 11) is -1.42. The van der Waals surface area contributed by atoms with Crippen LogP contribution in [-0.2, 0) is 68.6 Å². The third-order valence-electron chi connectivity index (χ3n) is 0. The van der Waals surface area contributed by atoms with Crippen molar-refractivity contribution in [3.8, 4) is 0 Å². The Morgan fingerprint density at radius 1 is 0.875 bits per heavy atom. The van der Waals surface area contributed by atoms with Crippen molar-refractivity contribution in [3.63, 3.8) is 0 Å². The first-order valence-corrected chi connectivity index (χ1v) is 1.22. The molecule has 0 aromatic carbocycles. The van der Waals surface area contributed by atoms with E-state index >= 15 is 0 Å². The molecule has 0 atom stereocenters. The summed E-state index contributed by atoms with van der Waals surface area (Å²) < 4.78 is 16.8. The quantitative estimate of drug-likeness (QED) is 0.517. The molecule has 0 bridgehead atoms. The molecule has 0 aliphatic rings. The van der Waals surface area contributed by atoms with Gasteiger partial charge in [-0.3, -0.25) is 8.92 Å². The van der Waals surface area contributed by atoms with Gasteiger partial charge >= 0.3 is 52.6 Å². The fourth-order valence-electron chi connectivity index (χ4n) is 0. The molecule has 0 radical (unpaired) electrons. The van der Waals surface area contributed by atoms with Crippen molar-refractivity contribution in [2.75, 3.05) is 0 Å². The first kappa shape index (κ1) is 62.1. The van der Waals surface area contributed by atoms with Crippen LogP contribution in [0.25, 0.3) is 0 Å². The molecule has 0 unspecified atom stereocenters. The van der Waals surface area contributed by atoms with Crippen molar-refractivity contribution in [2.24, 2.45) is 0 Å². The maximum atomic E-state index is 8.40. The van der Waals surface area contributed by atoms with Gasteiger partial charge in [-0.05, 0) is 0 Å². The molecule has 0 amide bonds. The molecule has 0 aliphatic carbocycles. The van der Waals surface area contributed by atoms with E-state index in [4.69, 9.17) is 8.92 Å². The van der Waals surface area contributed by atoms with E-state index in [-0.39, 0.29) is 59.7 Å². The Hall–Kier alpha value is 1.10. The van der Waals surface area contributed by atoms with E-state index in [9.17, 15) is 0 Å². The summed E-state index contributed by atoms with van der Waals surface area (Å²) in [5, 5.41) is 0. The van der Waals surface area contributed by atoms with Crippen LogP contribution in [0, 0.1) is 0 Å². The zero-order chi connectivity index (χ0) is 2.71. The Morgan fingerprint density at radius 3 is 0.875 bits per heavy atom. The molecule has 0 fully saturated rings. The summed E-state index contributed by atoms with van der Waals surface area (Å²) in [6, 6.07) is 0. The van der Waals surface area contributed by atoms with Crippen molar-refractivity contribution in [1.82, 2.24) is 0 Å². The van der Waals surface area contributed by atoms with Crippen LogP contribution in [0.5, 0.6) is 0 Å². The van der Waals surface area contributed by atoms with E-state index in [0.29, 0.717) is 0 Å². The fraction of sp³-hybridized carbons (Fsp3) is 0. The summed E-state index contributed by atoms with van der Waals surface area (Å²) in [5.74, 6) is 0. The fourth-order valence-corrected chi connectivity index (χ4v) is 0. The van der Waals surface area contributed by atoms with Crippen molar-refractivity contribution >= 4 is 9.29 Å². The maximum absolute atomic E-state index is 8.40. The molecule has 46 valence electrons. The zero-order valence-electron chi connectivity index (χ0n) is 3.39. The molecule has 0 aromatic heterocycles. The van der Waals surface area contributed by atoms with Crippen molar-refractivity contribution < 1.29 is 68.6 Å². The standard InChI is InChI=1S/Fe.O2Si.3O.Zr/c;1-3-2;;;;/q+2;;3*-2;+4. The first-order valence-electron chi connectivity index (χ1n) is 0.408. The predicted octanol–water partition coefficient (Wildman–Crippen LogP) is -0.980. The molecule has 8 heavy (non-hydrogen) atoms. The molecule has 5 nitrogen and oxygen atoms in total. The number of hydrogen-bond acceptors (Lipinski definition) is 2. The summed E-state index contributed by atoms with van der Waals surface area (Å²) in [4.78, 5) is 0. The zero-order valence-corrected chi connectivity index (χ0v) is 7.96. The SMILES string of the molecule is O=[Si]=O.[Fe+2].[O-2].[O-2].[O-2].[Zr+4]. The molecular formula is FeO5SiZr. The van der Waals surface area contributed by atoms with Gasteiger partial charge in [0.15, 0.2) is 0 Å². The van der Waals surface area contributed by atoms with Crippen LogP contribution in [0.4, 0.5) is 0 Å². The minimum absolute atomic E-state index is 0. The van der Waals surface area contributed by atoms with Crippen LogP contribution in [0.3, 0.4) is 0 Å².